The Bertz CT molecular complexity index is 1180. The summed E-state index contributed by atoms with van der Waals surface area (Å²) < 4.78 is 44.9. The second-order valence-corrected chi connectivity index (χ2v) is 8.49. The van der Waals surface area contributed by atoms with Gasteiger partial charge in [0.2, 0.25) is 0 Å². The summed E-state index contributed by atoms with van der Waals surface area (Å²) in [7, 11) is 0. The largest absolute Gasteiger partial charge is 0.459 e. The van der Waals surface area contributed by atoms with Crippen molar-refractivity contribution in [2.45, 2.75) is 24.7 Å². The van der Waals surface area contributed by atoms with Gasteiger partial charge in [-0.15, -0.1) is 0 Å². The first kappa shape index (κ1) is 24.1. The lowest BCUT2D eigenvalue weighted by Gasteiger charge is -2.19. The zero-order chi connectivity index (χ0) is 24.2. The smallest absolute Gasteiger partial charge is 0.338 e. The minimum absolute atomic E-state index is 0.0148. The third kappa shape index (κ3) is 5.73. The molecule has 34 heavy (non-hydrogen) atoms. The number of benzene rings is 3. The number of hydrogen-bond donors (Lipinski definition) is 0. The van der Waals surface area contributed by atoms with E-state index in [4.69, 9.17) is 37.4 Å². The highest BCUT2D eigenvalue weighted by molar-refractivity contribution is 6.31. The van der Waals surface area contributed by atoms with Crippen molar-refractivity contribution in [3.05, 3.63) is 105 Å². The molecule has 1 aliphatic heterocycles. The Morgan fingerprint density at radius 2 is 1.47 bits per heavy atom. The molecule has 5 nitrogen and oxygen atoms in total. The molecule has 0 aliphatic carbocycles. The van der Waals surface area contributed by atoms with Gasteiger partial charge in [0.15, 0.2) is 0 Å². The lowest BCUT2D eigenvalue weighted by Crippen LogP contribution is -2.32. The van der Waals surface area contributed by atoms with E-state index in [-0.39, 0.29) is 29.7 Å². The minimum atomic E-state index is -0.905. The number of carbonyl (C=O) groups excluding carboxylic acids is 2. The highest BCUT2D eigenvalue weighted by atomic mass is 35.5. The van der Waals surface area contributed by atoms with Crippen molar-refractivity contribution in [2.24, 2.45) is 0 Å². The summed E-state index contributed by atoms with van der Waals surface area (Å²) in [6, 6.07) is 15.2. The van der Waals surface area contributed by atoms with Crippen molar-refractivity contribution in [3.8, 4) is 0 Å². The van der Waals surface area contributed by atoms with E-state index in [2.05, 4.69) is 0 Å². The molecule has 4 rings (SSSR count). The van der Waals surface area contributed by atoms with E-state index in [1.54, 1.807) is 24.3 Å². The molecule has 0 amide bonds. The van der Waals surface area contributed by atoms with Gasteiger partial charge in [0.25, 0.3) is 0 Å². The van der Waals surface area contributed by atoms with Crippen LogP contribution in [0.5, 0.6) is 0 Å². The maximum atomic E-state index is 14.3. The molecule has 3 aromatic rings. The van der Waals surface area contributed by atoms with Crippen LogP contribution in [-0.4, -0.2) is 30.8 Å². The Balaban J connectivity index is 1.50. The summed E-state index contributed by atoms with van der Waals surface area (Å²) in [5.74, 6) is -2.58. The predicted molar refractivity (Wildman–Crippen MR) is 121 cm³/mol. The molecule has 0 spiro atoms. The molecule has 3 aromatic carbocycles. The van der Waals surface area contributed by atoms with E-state index in [0.717, 1.165) is 18.2 Å². The van der Waals surface area contributed by atoms with Gasteiger partial charge in [0, 0.05) is 22.0 Å². The van der Waals surface area contributed by atoms with Gasteiger partial charge >= 0.3 is 11.9 Å². The SMILES string of the molecule is O=C(OC[C@H]1O[C@@H](c2cc(F)ccc2F)C[C@@H]1OC(=O)c1ccc(Cl)cc1)c1ccc(Cl)cc1. The fraction of sp³-hybridized carbons (Fsp3) is 0.200. The normalized spacial score (nSPS) is 19.6. The second kappa shape index (κ2) is 10.5. The van der Waals surface area contributed by atoms with E-state index >= 15 is 0 Å². The Labute approximate surface area is 204 Å². The van der Waals surface area contributed by atoms with Gasteiger partial charge in [-0.05, 0) is 66.7 Å². The highest BCUT2D eigenvalue weighted by Gasteiger charge is 2.40. The van der Waals surface area contributed by atoms with Crippen LogP contribution in [0.4, 0.5) is 8.78 Å². The second-order valence-electron chi connectivity index (χ2n) is 7.62. The number of carbonyl (C=O) groups is 2. The third-order valence-corrected chi connectivity index (χ3v) is 5.81. The van der Waals surface area contributed by atoms with Gasteiger partial charge in [-0.2, -0.15) is 0 Å². The molecule has 0 N–H and O–H groups in total. The molecule has 1 heterocycles. The van der Waals surface area contributed by atoms with Crippen LogP contribution in [0.3, 0.4) is 0 Å². The van der Waals surface area contributed by atoms with E-state index in [0.29, 0.717) is 10.0 Å². The summed E-state index contributed by atoms with van der Waals surface area (Å²) >= 11 is 11.7. The molecular formula is C25H18Cl2F2O5. The molecule has 0 bridgehead atoms. The van der Waals surface area contributed by atoms with Crippen LogP contribution in [-0.2, 0) is 14.2 Å². The molecule has 3 atom stereocenters. The molecule has 1 aliphatic rings. The van der Waals surface area contributed by atoms with Crippen LogP contribution >= 0.6 is 23.2 Å². The lowest BCUT2D eigenvalue weighted by molar-refractivity contribution is -0.0432. The fourth-order valence-electron chi connectivity index (χ4n) is 3.57. The quantitative estimate of drug-likeness (QED) is 0.373. The zero-order valence-corrected chi connectivity index (χ0v) is 19.1. The average molecular weight is 507 g/mol. The average Bonchev–Trinajstić information content (AvgIpc) is 3.22. The Hall–Kier alpha value is -3.00. The van der Waals surface area contributed by atoms with Crippen molar-refractivity contribution in [3.63, 3.8) is 0 Å². The molecule has 176 valence electrons. The van der Waals surface area contributed by atoms with Crippen molar-refractivity contribution in [2.75, 3.05) is 6.61 Å². The van der Waals surface area contributed by atoms with Crippen molar-refractivity contribution in [1.29, 1.82) is 0 Å². The van der Waals surface area contributed by atoms with Gasteiger partial charge in [-0.3, -0.25) is 0 Å². The molecule has 0 aromatic heterocycles. The summed E-state index contributed by atoms with van der Waals surface area (Å²) in [6.45, 7) is -0.270. The Kier molecular flexibility index (Phi) is 7.46. The summed E-state index contributed by atoms with van der Waals surface area (Å²) in [4.78, 5) is 25.0. The van der Waals surface area contributed by atoms with E-state index < -0.39 is 41.9 Å². The Morgan fingerprint density at radius 1 is 0.882 bits per heavy atom. The first-order valence-corrected chi connectivity index (χ1v) is 11.1. The van der Waals surface area contributed by atoms with E-state index in [1.165, 1.54) is 24.3 Å². The maximum Gasteiger partial charge on any atom is 0.338 e. The molecule has 0 saturated carbocycles. The summed E-state index contributed by atoms with van der Waals surface area (Å²) in [6.07, 6.45) is -2.64. The predicted octanol–water partition coefficient (Wildman–Crippen LogP) is 6.18. The number of halogens is 4. The zero-order valence-electron chi connectivity index (χ0n) is 17.6. The lowest BCUT2D eigenvalue weighted by atomic mass is 10.0. The van der Waals surface area contributed by atoms with Gasteiger partial charge < -0.3 is 14.2 Å². The number of esters is 2. The van der Waals surface area contributed by atoms with Crippen LogP contribution in [0.1, 0.15) is 38.8 Å². The van der Waals surface area contributed by atoms with Crippen LogP contribution in [0.15, 0.2) is 66.7 Å². The minimum Gasteiger partial charge on any atom is -0.459 e. The van der Waals surface area contributed by atoms with Crippen LogP contribution in [0.2, 0.25) is 10.0 Å². The standard InChI is InChI=1S/C25H18Cl2F2O5/c26-16-5-1-14(2-6-16)24(30)32-13-23-22(34-25(31)15-3-7-17(27)8-4-15)12-21(33-23)19-11-18(28)9-10-20(19)29/h1-11,21-23H,12-13H2/t21-,22+,23-/m1/s1. The van der Waals surface area contributed by atoms with Crippen LogP contribution in [0.25, 0.3) is 0 Å². The van der Waals surface area contributed by atoms with Crippen molar-refractivity contribution >= 4 is 35.1 Å². The molecule has 0 unspecified atom stereocenters. The first-order valence-electron chi connectivity index (χ1n) is 10.3. The molecule has 9 heteroatoms. The van der Waals surface area contributed by atoms with Crippen LogP contribution in [0, 0.1) is 11.6 Å². The highest BCUT2D eigenvalue weighted by Crippen LogP contribution is 2.37. The number of ether oxygens (including phenoxy) is 3. The monoisotopic (exact) mass is 506 g/mol. The van der Waals surface area contributed by atoms with Crippen molar-refractivity contribution < 1.29 is 32.6 Å². The van der Waals surface area contributed by atoms with Crippen molar-refractivity contribution in [1.82, 2.24) is 0 Å². The molecule has 0 radical (unpaired) electrons. The molecular weight excluding hydrogens is 489 g/mol. The molecule has 1 fully saturated rings. The Morgan fingerprint density at radius 3 is 2.09 bits per heavy atom. The summed E-state index contributed by atoms with van der Waals surface area (Å²) in [5.41, 5.74) is 0.505. The number of rotatable bonds is 6. The fourth-order valence-corrected chi connectivity index (χ4v) is 3.82. The van der Waals surface area contributed by atoms with Crippen LogP contribution < -0.4 is 0 Å². The van der Waals surface area contributed by atoms with E-state index in [9.17, 15) is 18.4 Å². The van der Waals surface area contributed by atoms with E-state index in [1.807, 2.05) is 0 Å². The molecule has 1 saturated heterocycles. The first-order chi connectivity index (χ1) is 16.3. The van der Waals surface area contributed by atoms with Gasteiger partial charge in [0.1, 0.15) is 30.4 Å². The third-order valence-electron chi connectivity index (χ3n) is 5.30. The topological polar surface area (TPSA) is 61.8 Å². The van der Waals surface area contributed by atoms with Gasteiger partial charge in [-0.1, -0.05) is 23.2 Å². The summed E-state index contributed by atoms with van der Waals surface area (Å²) in [5, 5.41) is 0.916. The maximum absolute atomic E-state index is 14.3. The number of hydrogen-bond acceptors (Lipinski definition) is 5. The van der Waals surface area contributed by atoms with Gasteiger partial charge in [0.05, 0.1) is 17.2 Å². The van der Waals surface area contributed by atoms with Gasteiger partial charge in [-0.25, -0.2) is 18.4 Å².